The second-order valence-electron chi connectivity index (χ2n) is 18.4. The highest BCUT2D eigenvalue weighted by atomic mass is 32.1. The van der Waals surface area contributed by atoms with E-state index in [1.165, 1.54) is 11.3 Å². The number of aromatic nitrogens is 4. The maximum atomic E-state index is 14.2. The summed E-state index contributed by atoms with van der Waals surface area (Å²) in [5, 5.41) is 40.8. The molecule has 65 heavy (non-hydrogen) atoms. The molecule has 0 bridgehead atoms. The summed E-state index contributed by atoms with van der Waals surface area (Å²) in [5.41, 5.74) is 7.21. The fraction of sp³-hybridized carbons (Fsp3) is 0.500. The molecule has 17 heteroatoms. The lowest BCUT2D eigenvalue weighted by atomic mass is 9.91. The number of thiazole rings is 1. The Hall–Kier alpha value is -5.62. The van der Waals surface area contributed by atoms with Gasteiger partial charge in [0.15, 0.2) is 11.6 Å². The van der Waals surface area contributed by atoms with E-state index in [9.17, 15) is 19.8 Å². The Labute approximate surface area is 384 Å². The average Bonchev–Trinajstić information content (AvgIpc) is 4.06. The fourth-order valence-electron chi connectivity index (χ4n) is 10.1. The molecule has 2 amide bonds. The SMILES string of the molecule is Cc1ncsc1-c1ccc([C@H](C)NC(=O)[C@@H]2C[C@@H](O)CN2C(=O)[C@@H](c2cc(OCCN3CCC[C@@H](CN4CCN5c6cc(-c7ccccc7O)nnc6NC[C@H]5C4)C3)no2)C(C)C)cc1. The van der Waals surface area contributed by atoms with Crippen LogP contribution in [0.5, 0.6) is 11.6 Å². The van der Waals surface area contributed by atoms with E-state index in [0.29, 0.717) is 41.5 Å². The van der Waals surface area contributed by atoms with Crippen molar-refractivity contribution in [3.63, 3.8) is 0 Å². The number of nitrogens with one attached hydrogen (secondary N) is 2. The van der Waals surface area contributed by atoms with Gasteiger partial charge in [-0.3, -0.25) is 19.4 Å². The van der Waals surface area contributed by atoms with Crippen LogP contribution in [-0.2, 0) is 9.59 Å². The zero-order chi connectivity index (χ0) is 45.2. The molecule has 4 aliphatic heterocycles. The van der Waals surface area contributed by atoms with Crippen LogP contribution >= 0.6 is 11.3 Å². The molecule has 0 radical (unpaired) electrons. The van der Waals surface area contributed by atoms with Gasteiger partial charge in [0.2, 0.25) is 11.8 Å². The number of anilines is 2. The molecule has 0 aliphatic carbocycles. The Balaban J connectivity index is 0.750. The highest BCUT2D eigenvalue weighted by molar-refractivity contribution is 7.13. The number of ether oxygens (including phenoxy) is 1. The van der Waals surface area contributed by atoms with Gasteiger partial charge in [0.25, 0.3) is 5.88 Å². The highest BCUT2D eigenvalue weighted by Crippen LogP contribution is 2.37. The average molecular weight is 905 g/mol. The van der Waals surface area contributed by atoms with E-state index < -0.39 is 18.1 Å². The predicted octanol–water partition coefficient (Wildman–Crippen LogP) is 5.56. The summed E-state index contributed by atoms with van der Waals surface area (Å²) in [6.45, 7) is 15.7. The Kier molecular flexibility index (Phi) is 13.3. The van der Waals surface area contributed by atoms with E-state index in [2.05, 4.69) is 45.7 Å². The van der Waals surface area contributed by atoms with Crippen molar-refractivity contribution >= 4 is 34.7 Å². The molecule has 3 fully saturated rings. The van der Waals surface area contributed by atoms with Crippen molar-refractivity contribution in [2.75, 3.05) is 75.7 Å². The number of phenolic OH excluding ortho intramolecular Hbond substituents is 1. The molecule has 3 aromatic heterocycles. The van der Waals surface area contributed by atoms with Crippen molar-refractivity contribution in [1.82, 2.24) is 40.4 Å². The van der Waals surface area contributed by atoms with Gasteiger partial charge in [0, 0.05) is 70.4 Å². The Morgan fingerprint density at radius 2 is 1.85 bits per heavy atom. The number of likely N-dealkylation sites (tertiary alicyclic amines) is 2. The highest BCUT2D eigenvalue weighted by Gasteiger charge is 2.44. The third-order valence-corrected chi connectivity index (χ3v) is 14.5. The molecule has 2 aromatic carbocycles. The van der Waals surface area contributed by atoms with Crippen molar-refractivity contribution in [2.45, 2.75) is 77.1 Å². The van der Waals surface area contributed by atoms with Gasteiger partial charge in [-0.2, -0.15) is 0 Å². The molecule has 9 rings (SSSR count). The first-order valence-electron chi connectivity index (χ1n) is 23.0. The molecule has 4 N–H and O–H groups in total. The van der Waals surface area contributed by atoms with E-state index in [-0.39, 0.29) is 42.5 Å². The Morgan fingerprint density at radius 3 is 2.63 bits per heavy atom. The summed E-state index contributed by atoms with van der Waals surface area (Å²) < 4.78 is 11.9. The topological polar surface area (TPSA) is 186 Å². The summed E-state index contributed by atoms with van der Waals surface area (Å²) in [6.07, 6.45) is 1.66. The van der Waals surface area contributed by atoms with E-state index >= 15 is 0 Å². The van der Waals surface area contributed by atoms with Crippen LogP contribution in [0.2, 0.25) is 0 Å². The van der Waals surface area contributed by atoms with Gasteiger partial charge >= 0.3 is 0 Å². The fourth-order valence-corrected chi connectivity index (χ4v) is 10.9. The monoisotopic (exact) mass is 904 g/mol. The van der Waals surface area contributed by atoms with Gasteiger partial charge in [0.05, 0.1) is 45.7 Å². The zero-order valence-corrected chi connectivity index (χ0v) is 38.4. The minimum Gasteiger partial charge on any atom is -0.507 e. The van der Waals surface area contributed by atoms with Crippen LogP contribution in [-0.4, -0.2) is 141 Å². The van der Waals surface area contributed by atoms with Gasteiger partial charge in [-0.15, -0.1) is 21.5 Å². The molecule has 16 nitrogen and oxygen atoms in total. The van der Waals surface area contributed by atoms with Crippen molar-refractivity contribution in [3.8, 4) is 33.3 Å². The van der Waals surface area contributed by atoms with Crippen molar-refractivity contribution in [1.29, 1.82) is 0 Å². The minimum atomic E-state index is -0.820. The van der Waals surface area contributed by atoms with Crippen LogP contribution in [0, 0.1) is 18.8 Å². The Morgan fingerprint density at radius 1 is 1.02 bits per heavy atom. The number of hydrogen-bond acceptors (Lipinski definition) is 15. The number of carbonyl (C=O) groups excluding carboxylic acids is 2. The minimum absolute atomic E-state index is 0.0621. The first-order valence-corrected chi connectivity index (χ1v) is 23.9. The summed E-state index contributed by atoms with van der Waals surface area (Å²) in [6, 6.07) is 18.2. The standard InChI is InChI=1S/C48H60N10O6S/c1-29(2)44(48(62)58-27-36(59)20-40(58)47(61)51-30(3)33-11-13-34(14-12-33)45-31(4)50-28-65-45)42-22-43(54-64-42)63-19-18-55-15-7-8-32(24-55)25-56-16-17-57-35(26-56)23-49-46-39(57)21-38(52-53-46)37-9-5-6-10-41(37)60/h5-6,9-14,21-22,28-30,32,35-36,40,44,59-60H,7-8,15-20,23-27H2,1-4H3,(H,49,53)(H,51,61)/t30-,32+,35-,36+,40-,44+/m0/s1. The number of fused-ring (bicyclic) bond motifs is 3. The van der Waals surface area contributed by atoms with E-state index in [1.807, 2.05) is 75.7 Å². The number of piperidine rings is 1. The number of amides is 2. The molecular weight excluding hydrogens is 845 g/mol. The molecule has 344 valence electrons. The summed E-state index contributed by atoms with van der Waals surface area (Å²) >= 11 is 1.59. The first kappa shape index (κ1) is 44.6. The predicted molar refractivity (Wildman–Crippen MR) is 249 cm³/mol. The first-order chi connectivity index (χ1) is 31.5. The van der Waals surface area contributed by atoms with Crippen LogP contribution in [0.3, 0.4) is 0 Å². The van der Waals surface area contributed by atoms with Gasteiger partial charge in [0.1, 0.15) is 24.3 Å². The van der Waals surface area contributed by atoms with E-state index in [1.54, 1.807) is 29.5 Å². The number of aliphatic hydroxyl groups is 1. The lowest BCUT2D eigenvalue weighted by Gasteiger charge is -2.47. The van der Waals surface area contributed by atoms with Gasteiger partial charge < -0.3 is 39.9 Å². The van der Waals surface area contributed by atoms with Crippen LogP contribution in [0.4, 0.5) is 11.5 Å². The molecule has 4 aliphatic rings. The van der Waals surface area contributed by atoms with Crippen LogP contribution in [0.25, 0.3) is 21.7 Å². The van der Waals surface area contributed by atoms with Crippen molar-refractivity contribution < 1.29 is 29.1 Å². The molecule has 0 saturated carbocycles. The molecular formula is C48H60N10O6S. The third kappa shape index (κ3) is 9.83. The molecule has 0 unspecified atom stereocenters. The Bertz CT molecular complexity index is 2440. The lowest BCUT2D eigenvalue weighted by molar-refractivity contribution is -0.141. The van der Waals surface area contributed by atoms with Crippen molar-refractivity contribution in [2.24, 2.45) is 11.8 Å². The second kappa shape index (κ2) is 19.5. The number of aryl methyl sites for hydroxylation is 1. The number of nitrogens with zero attached hydrogens (tertiary/aromatic N) is 8. The van der Waals surface area contributed by atoms with Crippen molar-refractivity contribution in [3.05, 3.63) is 83.2 Å². The van der Waals surface area contributed by atoms with Gasteiger partial charge in [-0.05, 0) is 79.6 Å². The molecule has 5 aromatic rings. The maximum Gasteiger partial charge on any atom is 0.254 e. The number of piperazine rings is 1. The molecule has 7 heterocycles. The van der Waals surface area contributed by atoms with Crippen LogP contribution in [0.15, 0.2) is 70.7 Å². The van der Waals surface area contributed by atoms with Gasteiger partial charge in [-0.25, -0.2) is 4.98 Å². The normalized spacial score (nSPS) is 22.2. The molecule has 0 spiro atoms. The van der Waals surface area contributed by atoms with Gasteiger partial charge in [-0.1, -0.05) is 50.2 Å². The number of carbonyl (C=O) groups is 2. The number of hydrogen-bond donors (Lipinski definition) is 4. The molecule has 6 atom stereocenters. The maximum absolute atomic E-state index is 14.2. The summed E-state index contributed by atoms with van der Waals surface area (Å²) in [5.74, 6) is 0.781. The smallest absolute Gasteiger partial charge is 0.254 e. The summed E-state index contributed by atoms with van der Waals surface area (Å²) in [4.78, 5) is 42.5. The number of phenols is 1. The number of benzene rings is 2. The lowest BCUT2D eigenvalue weighted by Crippen LogP contribution is -2.59. The largest absolute Gasteiger partial charge is 0.507 e. The van der Waals surface area contributed by atoms with Crippen LogP contribution < -0.4 is 20.3 Å². The number of aromatic hydroxyl groups is 1. The third-order valence-electron chi connectivity index (χ3n) is 13.5. The zero-order valence-electron chi connectivity index (χ0n) is 37.6. The molecule has 3 saturated heterocycles. The van der Waals surface area contributed by atoms with Crippen LogP contribution in [0.1, 0.15) is 69.0 Å². The summed E-state index contributed by atoms with van der Waals surface area (Å²) in [7, 11) is 0. The quantitative estimate of drug-likeness (QED) is 0.109. The number of para-hydroxylation sites is 1. The number of β-amino-alcohol motifs (C(OH)–C–C–N with tert-alkyl or cyclic N) is 1. The second-order valence-corrected chi connectivity index (χ2v) is 19.3. The number of aliphatic hydroxyl groups excluding tert-OH is 1. The number of rotatable bonds is 14. The van der Waals surface area contributed by atoms with E-state index in [4.69, 9.17) is 9.26 Å². The van der Waals surface area contributed by atoms with E-state index in [0.717, 1.165) is 92.0 Å².